The van der Waals surface area contributed by atoms with Crippen molar-refractivity contribution in [2.24, 2.45) is 0 Å². The molecule has 0 bridgehead atoms. The van der Waals surface area contributed by atoms with E-state index in [1.807, 2.05) is 10.9 Å². The Bertz CT molecular complexity index is 403. The van der Waals surface area contributed by atoms with Crippen LogP contribution in [0.5, 0.6) is 0 Å². The Morgan fingerprint density at radius 3 is 3.21 bits per heavy atom. The second-order valence-corrected chi connectivity index (χ2v) is 6.55. The third-order valence-electron chi connectivity index (χ3n) is 4.01. The number of thioether (sulfide) groups is 1. The van der Waals surface area contributed by atoms with Gasteiger partial charge < -0.3 is 10.1 Å². The van der Waals surface area contributed by atoms with E-state index >= 15 is 0 Å². The van der Waals surface area contributed by atoms with Crippen LogP contribution in [0.4, 0.5) is 0 Å². The minimum atomic E-state index is 0.180. The number of nitrogens with zero attached hydrogens (tertiary/aromatic N) is 2. The third kappa shape index (κ3) is 3.15. The summed E-state index contributed by atoms with van der Waals surface area (Å²) in [5, 5.41) is 8.19. The third-order valence-corrected chi connectivity index (χ3v) is 5.17. The largest absolute Gasteiger partial charge is 0.372 e. The molecular formula is C14H23N3OS. The summed E-state index contributed by atoms with van der Waals surface area (Å²) in [5.41, 5.74) is 1.23. The summed E-state index contributed by atoms with van der Waals surface area (Å²) in [6.07, 6.45) is 7.95. The Balaban J connectivity index is 1.68. The highest BCUT2D eigenvalue weighted by atomic mass is 32.2. The van der Waals surface area contributed by atoms with Crippen molar-refractivity contribution in [3.63, 3.8) is 0 Å². The zero-order valence-corrected chi connectivity index (χ0v) is 12.4. The highest BCUT2D eigenvalue weighted by Gasteiger charge is 2.30. The second kappa shape index (κ2) is 6.29. The van der Waals surface area contributed by atoms with Gasteiger partial charge in [0.25, 0.3) is 0 Å². The van der Waals surface area contributed by atoms with Crippen LogP contribution in [-0.2, 0) is 11.3 Å². The Labute approximate surface area is 119 Å². The first kappa shape index (κ1) is 13.5. The standard InChI is InChI=1S/C14H23N3OS/c1-2-17-9-11(8-15-17)14-13(4-3-6-18-14)16-12-5-7-19-10-12/h8-9,12-14,16H,2-7,10H2,1H3/t12-,13-,14+/m0/s1. The summed E-state index contributed by atoms with van der Waals surface area (Å²) in [6.45, 7) is 3.91. The van der Waals surface area contributed by atoms with Gasteiger partial charge in [0.15, 0.2) is 0 Å². The fraction of sp³-hybridized carbons (Fsp3) is 0.786. The Morgan fingerprint density at radius 2 is 2.47 bits per heavy atom. The normalized spacial score (nSPS) is 31.7. The van der Waals surface area contributed by atoms with Gasteiger partial charge in [-0.3, -0.25) is 4.68 Å². The van der Waals surface area contributed by atoms with Gasteiger partial charge in [0, 0.05) is 42.7 Å². The number of ether oxygens (including phenoxy) is 1. The van der Waals surface area contributed by atoms with Crippen LogP contribution in [0.3, 0.4) is 0 Å². The van der Waals surface area contributed by atoms with Gasteiger partial charge in [-0.05, 0) is 31.9 Å². The molecule has 1 N–H and O–H groups in total. The lowest BCUT2D eigenvalue weighted by Crippen LogP contribution is -2.44. The molecule has 0 unspecified atom stereocenters. The van der Waals surface area contributed by atoms with Gasteiger partial charge in [-0.1, -0.05) is 0 Å². The molecule has 0 spiro atoms. The average Bonchev–Trinajstić information content (AvgIpc) is 3.10. The zero-order valence-electron chi connectivity index (χ0n) is 11.5. The van der Waals surface area contributed by atoms with Crippen molar-refractivity contribution in [1.82, 2.24) is 15.1 Å². The SMILES string of the molecule is CCn1cc([C@H]2OCCC[C@@H]2N[C@H]2CCSC2)cn1. The van der Waals surface area contributed by atoms with Crippen LogP contribution < -0.4 is 5.32 Å². The van der Waals surface area contributed by atoms with Gasteiger partial charge in [-0.2, -0.15) is 16.9 Å². The van der Waals surface area contributed by atoms with Crippen molar-refractivity contribution in [2.75, 3.05) is 18.1 Å². The summed E-state index contributed by atoms with van der Waals surface area (Å²) in [6, 6.07) is 1.12. The topological polar surface area (TPSA) is 39.1 Å². The molecular weight excluding hydrogens is 258 g/mol. The summed E-state index contributed by atoms with van der Waals surface area (Å²) in [5.74, 6) is 2.54. The molecule has 5 heteroatoms. The van der Waals surface area contributed by atoms with Crippen LogP contribution in [0.15, 0.2) is 12.4 Å². The molecule has 19 heavy (non-hydrogen) atoms. The van der Waals surface area contributed by atoms with E-state index in [0.717, 1.165) is 19.6 Å². The van der Waals surface area contributed by atoms with Crippen LogP contribution in [0, 0.1) is 0 Å². The molecule has 2 saturated heterocycles. The van der Waals surface area contributed by atoms with E-state index in [9.17, 15) is 0 Å². The van der Waals surface area contributed by atoms with Crippen molar-refractivity contribution < 1.29 is 4.74 Å². The molecule has 106 valence electrons. The number of hydrogen-bond acceptors (Lipinski definition) is 4. The van der Waals surface area contributed by atoms with Crippen molar-refractivity contribution in [3.8, 4) is 0 Å². The molecule has 4 nitrogen and oxygen atoms in total. The maximum absolute atomic E-state index is 6.02. The molecule has 3 rings (SSSR count). The number of aromatic nitrogens is 2. The van der Waals surface area contributed by atoms with Gasteiger partial charge >= 0.3 is 0 Å². The predicted octanol–water partition coefficient (Wildman–Crippen LogP) is 2.22. The minimum Gasteiger partial charge on any atom is -0.372 e. The van der Waals surface area contributed by atoms with Crippen LogP contribution in [0.2, 0.25) is 0 Å². The van der Waals surface area contributed by atoms with E-state index in [1.54, 1.807) is 0 Å². The van der Waals surface area contributed by atoms with Gasteiger partial charge in [-0.15, -0.1) is 0 Å². The number of nitrogens with one attached hydrogen (secondary N) is 1. The van der Waals surface area contributed by atoms with Crippen LogP contribution in [0.1, 0.15) is 37.9 Å². The van der Waals surface area contributed by atoms with Gasteiger partial charge in [-0.25, -0.2) is 0 Å². The van der Waals surface area contributed by atoms with E-state index in [1.165, 1.54) is 29.9 Å². The summed E-state index contributed by atoms with van der Waals surface area (Å²) in [4.78, 5) is 0. The predicted molar refractivity (Wildman–Crippen MR) is 78.5 cm³/mol. The molecule has 2 fully saturated rings. The second-order valence-electron chi connectivity index (χ2n) is 5.40. The first-order valence-corrected chi connectivity index (χ1v) is 8.50. The average molecular weight is 281 g/mol. The highest BCUT2D eigenvalue weighted by molar-refractivity contribution is 7.99. The van der Waals surface area contributed by atoms with Gasteiger partial charge in [0.1, 0.15) is 6.10 Å². The van der Waals surface area contributed by atoms with Crippen LogP contribution in [0.25, 0.3) is 0 Å². The quantitative estimate of drug-likeness (QED) is 0.918. The van der Waals surface area contributed by atoms with E-state index in [2.05, 4.69) is 35.3 Å². The molecule has 0 aromatic carbocycles. The molecule has 0 radical (unpaired) electrons. The summed E-state index contributed by atoms with van der Waals surface area (Å²) >= 11 is 2.06. The fourth-order valence-corrected chi connectivity index (χ4v) is 4.11. The molecule has 0 aliphatic carbocycles. The van der Waals surface area contributed by atoms with Crippen molar-refractivity contribution >= 4 is 11.8 Å². The first-order chi connectivity index (χ1) is 9.36. The Morgan fingerprint density at radius 1 is 1.53 bits per heavy atom. The maximum Gasteiger partial charge on any atom is 0.101 e. The lowest BCUT2D eigenvalue weighted by atomic mass is 9.97. The zero-order chi connectivity index (χ0) is 13.1. The van der Waals surface area contributed by atoms with Crippen molar-refractivity contribution in [1.29, 1.82) is 0 Å². The Kier molecular flexibility index (Phi) is 4.45. The number of aryl methyl sites for hydroxylation is 1. The molecule has 0 saturated carbocycles. The highest BCUT2D eigenvalue weighted by Crippen LogP contribution is 2.30. The first-order valence-electron chi connectivity index (χ1n) is 7.34. The monoisotopic (exact) mass is 281 g/mol. The molecule has 2 aliphatic heterocycles. The summed E-state index contributed by atoms with van der Waals surface area (Å²) in [7, 11) is 0. The van der Waals surface area contributed by atoms with Crippen LogP contribution >= 0.6 is 11.8 Å². The van der Waals surface area contributed by atoms with E-state index in [-0.39, 0.29) is 6.10 Å². The Hall–Kier alpha value is -0.520. The van der Waals surface area contributed by atoms with Gasteiger partial charge in [0.2, 0.25) is 0 Å². The van der Waals surface area contributed by atoms with E-state index in [0.29, 0.717) is 12.1 Å². The lowest BCUT2D eigenvalue weighted by Gasteiger charge is -2.33. The smallest absolute Gasteiger partial charge is 0.101 e. The van der Waals surface area contributed by atoms with Crippen molar-refractivity contribution in [2.45, 2.75) is 50.9 Å². The molecule has 1 aromatic rings. The molecule has 3 atom stereocenters. The molecule has 3 heterocycles. The fourth-order valence-electron chi connectivity index (χ4n) is 2.95. The van der Waals surface area contributed by atoms with Crippen LogP contribution in [-0.4, -0.2) is 40.0 Å². The van der Waals surface area contributed by atoms with Gasteiger partial charge in [0.05, 0.1) is 6.20 Å². The summed E-state index contributed by atoms with van der Waals surface area (Å²) < 4.78 is 8.00. The minimum absolute atomic E-state index is 0.180. The molecule has 0 amide bonds. The number of rotatable bonds is 4. The van der Waals surface area contributed by atoms with Crippen molar-refractivity contribution in [3.05, 3.63) is 18.0 Å². The van der Waals surface area contributed by atoms with E-state index < -0.39 is 0 Å². The molecule has 1 aromatic heterocycles. The van der Waals surface area contributed by atoms with E-state index in [4.69, 9.17) is 4.74 Å². The number of hydrogen-bond donors (Lipinski definition) is 1. The lowest BCUT2D eigenvalue weighted by molar-refractivity contribution is -0.0131. The molecule has 2 aliphatic rings. The maximum atomic E-state index is 6.02.